The first-order valence-corrected chi connectivity index (χ1v) is 7.73. The average Bonchev–Trinajstić information content (AvgIpc) is 2.45. The van der Waals surface area contributed by atoms with Gasteiger partial charge in [-0.3, -0.25) is 4.79 Å². The Kier molecular flexibility index (Phi) is 7.45. The summed E-state index contributed by atoms with van der Waals surface area (Å²) in [5.41, 5.74) is 1.74. The van der Waals surface area contributed by atoms with Crippen LogP contribution < -0.4 is 10.2 Å². The summed E-state index contributed by atoms with van der Waals surface area (Å²) in [5, 5.41) is 3.02. The van der Waals surface area contributed by atoms with Crippen molar-refractivity contribution in [3.63, 3.8) is 0 Å². The van der Waals surface area contributed by atoms with Crippen LogP contribution in [-0.2, 0) is 0 Å². The van der Waals surface area contributed by atoms with Crippen molar-refractivity contribution in [2.45, 2.75) is 26.2 Å². The number of rotatable bonds is 8. The van der Waals surface area contributed by atoms with Gasteiger partial charge >= 0.3 is 0 Å². The highest BCUT2D eigenvalue weighted by molar-refractivity contribution is 6.17. The second-order valence-electron chi connectivity index (χ2n) is 5.29. The average molecular weight is 297 g/mol. The predicted molar refractivity (Wildman–Crippen MR) is 86.8 cm³/mol. The van der Waals surface area contributed by atoms with E-state index in [1.54, 1.807) is 0 Å². The van der Waals surface area contributed by atoms with Crippen LogP contribution in [0.5, 0.6) is 0 Å². The third-order valence-corrected chi connectivity index (χ3v) is 3.61. The molecule has 0 aliphatic carbocycles. The molecule has 1 N–H and O–H groups in total. The van der Waals surface area contributed by atoms with E-state index in [9.17, 15) is 4.79 Å². The minimum atomic E-state index is -0.00984. The van der Waals surface area contributed by atoms with Crippen molar-refractivity contribution in [2.24, 2.45) is 5.92 Å². The number of carbonyl (C=O) groups is 1. The number of nitrogens with zero attached hydrogens (tertiary/aromatic N) is 1. The van der Waals surface area contributed by atoms with Gasteiger partial charge in [0.25, 0.3) is 5.91 Å². The first kappa shape index (κ1) is 16.8. The van der Waals surface area contributed by atoms with Gasteiger partial charge in [0.1, 0.15) is 0 Å². The molecule has 0 fully saturated rings. The molecule has 0 saturated heterocycles. The maximum Gasteiger partial charge on any atom is 0.251 e. The van der Waals surface area contributed by atoms with E-state index in [0.717, 1.165) is 24.9 Å². The lowest BCUT2D eigenvalue weighted by Gasteiger charge is -2.16. The van der Waals surface area contributed by atoms with E-state index in [-0.39, 0.29) is 5.91 Å². The van der Waals surface area contributed by atoms with Crippen LogP contribution in [0, 0.1) is 5.92 Å². The smallest absolute Gasteiger partial charge is 0.251 e. The van der Waals surface area contributed by atoms with Gasteiger partial charge < -0.3 is 10.2 Å². The number of amides is 1. The predicted octanol–water partition coefficient (Wildman–Crippen LogP) is 3.53. The molecule has 0 aliphatic rings. The molecule has 0 radical (unpaired) electrons. The monoisotopic (exact) mass is 296 g/mol. The van der Waals surface area contributed by atoms with E-state index in [2.05, 4.69) is 12.2 Å². The number of anilines is 1. The fourth-order valence-electron chi connectivity index (χ4n) is 2.18. The lowest BCUT2D eigenvalue weighted by atomic mass is 10.0. The van der Waals surface area contributed by atoms with E-state index in [1.807, 2.05) is 43.3 Å². The molecule has 0 aliphatic heterocycles. The Bertz CT molecular complexity index is 415. The van der Waals surface area contributed by atoms with Gasteiger partial charge in [0.2, 0.25) is 0 Å². The molecular formula is C16H25ClN2O. The van der Waals surface area contributed by atoms with Crippen molar-refractivity contribution in [1.29, 1.82) is 0 Å². The Morgan fingerprint density at radius 1 is 1.35 bits per heavy atom. The standard InChI is InChI=1S/C16H25ClN2O/c1-4-6-13(9-10-17)12-18-16(20)14-7-5-8-15(11-14)19(2)3/h5,7-8,11,13H,4,6,9-10,12H2,1-3H3,(H,18,20). The summed E-state index contributed by atoms with van der Waals surface area (Å²) in [6.07, 6.45) is 3.17. The Labute approximate surface area is 127 Å². The Hall–Kier alpha value is -1.22. The first-order chi connectivity index (χ1) is 9.58. The normalized spacial score (nSPS) is 12.0. The topological polar surface area (TPSA) is 32.3 Å². The molecule has 0 heterocycles. The highest BCUT2D eigenvalue weighted by Crippen LogP contribution is 2.14. The Balaban J connectivity index is 2.59. The molecule has 20 heavy (non-hydrogen) atoms. The quantitative estimate of drug-likeness (QED) is 0.744. The maximum atomic E-state index is 12.2. The summed E-state index contributed by atoms with van der Waals surface area (Å²) < 4.78 is 0. The van der Waals surface area contributed by atoms with E-state index in [1.165, 1.54) is 0 Å². The molecule has 1 amide bonds. The molecule has 0 bridgehead atoms. The molecule has 3 nitrogen and oxygen atoms in total. The molecule has 4 heteroatoms. The summed E-state index contributed by atoms with van der Waals surface area (Å²) >= 11 is 5.80. The largest absolute Gasteiger partial charge is 0.378 e. The van der Waals surface area contributed by atoms with Crippen molar-refractivity contribution in [3.8, 4) is 0 Å². The zero-order chi connectivity index (χ0) is 15.0. The lowest BCUT2D eigenvalue weighted by molar-refractivity contribution is 0.0946. The zero-order valence-electron chi connectivity index (χ0n) is 12.7. The molecule has 0 aromatic heterocycles. The van der Waals surface area contributed by atoms with Gasteiger partial charge in [-0.25, -0.2) is 0 Å². The van der Waals surface area contributed by atoms with Crippen LogP contribution in [0.15, 0.2) is 24.3 Å². The van der Waals surface area contributed by atoms with Gasteiger partial charge in [-0.05, 0) is 37.0 Å². The van der Waals surface area contributed by atoms with Crippen LogP contribution in [0.2, 0.25) is 0 Å². The summed E-state index contributed by atoms with van der Waals surface area (Å²) in [4.78, 5) is 14.2. The second-order valence-corrected chi connectivity index (χ2v) is 5.67. The van der Waals surface area contributed by atoms with E-state index in [0.29, 0.717) is 23.9 Å². The van der Waals surface area contributed by atoms with E-state index < -0.39 is 0 Å². The van der Waals surface area contributed by atoms with Crippen LogP contribution in [0.25, 0.3) is 0 Å². The van der Waals surface area contributed by atoms with Gasteiger partial charge in [-0.15, -0.1) is 11.6 Å². The SMILES string of the molecule is CCCC(CCCl)CNC(=O)c1cccc(N(C)C)c1. The van der Waals surface area contributed by atoms with E-state index in [4.69, 9.17) is 11.6 Å². The number of halogens is 1. The van der Waals surface area contributed by atoms with Gasteiger partial charge in [0, 0.05) is 37.8 Å². The molecular weight excluding hydrogens is 272 g/mol. The zero-order valence-corrected chi connectivity index (χ0v) is 13.4. The maximum absolute atomic E-state index is 12.2. The van der Waals surface area contributed by atoms with Gasteiger partial charge in [-0.1, -0.05) is 19.4 Å². The molecule has 1 unspecified atom stereocenters. The number of hydrogen-bond donors (Lipinski definition) is 1. The van der Waals surface area contributed by atoms with Crippen molar-refractivity contribution in [1.82, 2.24) is 5.32 Å². The highest BCUT2D eigenvalue weighted by Gasteiger charge is 2.11. The van der Waals surface area contributed by atoms with Gasteiger partial charge in [0.05, 0.1) is 0 Å². The fraction of sp³-hybridized carbons (Fsp3) is 0.562. The van der Waals surface area contributed by atoms with Crippen LogP contribution >= 0.6 is 11.6 Å². The van der Waals surface area contributed by atoms with Crippen molar-refractivity contribution >= 4 is 23.2 Å². The van der Waals surface area contributed by atoms with Crippen molar-refractivity contribution in [3.05, 3.63) is 29.8 Å². The Morgan fingerprint density at radius 2 is 2.10 bits per heavy atom. The molecule has 1 atom stereocenters. The van der Waals surface area contributed by atoms with Gasteiger partial charge in [0.15, 0.2) is 0 Å². The third kappa shape index (κ3) is 5.41. The molecule has 112 valence electrons. The molecule has 1 aromatic carbocycles. The molecule has 1 aromatic rings. The third-order valence-electron chi connectivity index (χ3n) is 3.39. The number of hydrogen-bond acceptors (Lipinski definition) is 2. The van der Waals surface area contributed by atoms with Gasteiger partial charge in [-0.2, -0.15) is 0 Å². The summed E-state index contributed by atoms with van der Waals surface area (Å²) in [6, 6.07) is 7.65. The fourth-order valence-corrected chi connectivity index (χ4v) is 2.48. The first-order valence-electron chi connectivity index (χ1n) is 7.20. The van der Waals surface area contributed by atoms with Crippen molar-refractivity contribution < 1.29 is 4.79 Å². The number of carbonyl (C=O) groups excluding carboxylic acids is 1. The summed E-state index contributed by atoms with van der Waals surface area (Å²) in [5.74, 6) is 1.11. The highest BCUT2D eigenvalue weighted by atomic mass is 35.5. The summed E-state index contributed by atoms with van der Waals surface area (Å²) in [6.45, 7) is 2.86. The number of nitrogens with one attached hydrogen (secondary N) is 1. The van der Waals surface area contributed by atoms with Crippen LogP contribution in [0.3, 0.4) is 0 Å². The molecule has 0 saturated carbocycles. The van der Waals surface area contributed by atoms with Crippen LogP contribution in [0.1, 0.15) is 36.5 Å². The minimum absolute atomic E-state index is 0.00984. The van der Waals surface area contributed by atoms with E-state index >= 15 is 0 Å². The number of alkyl halides is 1. The summed E-state index contributed by atoms with van der Waals surface area (Å²) in [7, 11) is 3.93. The molecule has 1 rings (SSSR count). The van der Waals surface area contributed by atoms with Crippen LogP contribution in [0.4, 0.5) is 5.69 Å². The second kappa shape index (κ2) is 8.85. The number of benzene rings is 1. The lowest BCUT2D eigenvalue weighted by Crippen LogP contribution is -2.29. The molecule has 0 spiro atoms. The van der Waals surface area contributed by atoms with Crippen molar-refractivity contribution in [2.75, 3.05) is 31.4 Å². The Morgan fingerprint density at radius 3 is 2.70 bits per heavy atom. The minimum Gasteiger partial charge on any atom is -0.378 e. The van der Waals surface area contributed by atoms with Crippen LogP contribution in [-0.4, -0.2) is 32.4 Å².